The molecule has 1 rings (SSSR count). The largest absolute Gasteiger partial charge is 0.381 e. The van der Waals surface area contributed by atoms with E-state index in [0.717, 1.165) is 19.9 Å². The Morgan fingerprint density at radius 2 is 1.69 bits per heavy atom. The van der Waals surface area contributed by atoms with Crippen LogP contribution in [0.2, 0.25) is 20.0 Å². The maximum Gasteiger partial charge on any atom is 0.133 e. The number of hydrogen-bond donors (Lipinski definition) is 0. The van der Waals surface area contributed by atoms with Gasteiger partial charge in [0.1, 0.15) is 6.71 Å². The van der Waals surface area contributed by atoms with E-state index in [1.807, 2.05) is 0 Å². The molecule has 0 atom stereocenters. The van der Waals surface area contributed by atoms with E-state index in [1.165, 1.54) is 32.0 Å². The maximum atomic E-state index is 4.94. The summed E-state index contributed by atoms with van der Waals surface area (Å²) in [6.07, 6.45) is 6.70. The zero-order valence-corrected chi connectivity index (χ0v) is 8.94. The van der Waals surface area contributed by atoms with Crippen LogP contribution < -0.4 is 0 Å². The van der Waals surface area contributed by atoms with Crippen molar-refractivity contribution in [2.45, 2.75) is 52.6 Å². The summed E-state index contributed by atoms with van der Waals surface area (Å²) in [6.45, 7) is 9.69. The van der Waals surface area contributed by atoms with Gasteiger partial charge in [0.15, 0.2) is 0 Å². The Labute approximate surface area is 86.3 Å². The zero-order chi connectivity index (χ0) is 9.23. The molecule has 0 spiro atoms. The van der Waals surface area contributed by atoms with Crippen LogP contribution in [0.5, 0.6) is 0 Å². The van der Waals surface area contributed by atoms with Gasteiger partial charge in [-0.05, 0) is 12.8 Å². The van der Waals surface area contributed by atoms with Crippen LogP contribution in [0.3, 0.4) is 0 Å². The lowest BCUT2D eigenvalue weighted by Gasteiger charge is -1.94. The molecule has 0 N–H and O–H groups in total. The third kappa shape index (κ3) is 14.9. The molecule has 0 saturated carbocycles. The summed E-state index contributed by atoms with van der Waals surface area (Å²) in [5.41, 5.74) is 0. The third-order valence-electron chi connectivity index (χ3n) is 1.96. The molecule has 0 aromatic rings. The van der Waals surface area contributed by atoms with Crippen LogP contribution in [-0.4, -0.2) is 28.3 Å². The van der Waals surface area contributed by atoms with Crippen molar-refractivity contribution in [3.05, 3.63) is 0 Å². The standard InChI is InChI=1S/C6H15B.C4H8O.BH3/c1-4-5-6-7(2)3;1-2-4-5-3-1;/h4-6H2,1-3H3;1-4H2;1H3. The van der Waals surface area contributed by atoms with Crippen molar-refractivity contribution in [3.8, 4) is 0 Å². The fraction of sp³-hybridized carbons (Fsp3) is 1.00. The van der Waals surface area contributed by atoms with Gasteiger partial charge in [0.25, 0.3) is 0 Å². The molecule has 1 aliphatic heterocycles. The first-order valence-corrected chi connectivity index (χ1v) is 5.35. The van der Waals surface area contributed by atoms with Crippen LogP contribution in [0, 0.1) is 0 Å². The smallest absolute Gasteiger partial charge is 0.133 e. The summed E-state index contributed by atoms with van der Waals surface area (Å²) in [5, 5.41) is 0. The predicted molar refractivity (Wildman–Crippen MR) is 67.2 cm³/mol. The molecule has 0 unspecified atom stereocenters. The van der Waals surface area contributed by atoms with E-state index in [0.29, 0.717) is 0 Å². The van der Waals surface area contributed by atoms with Crippen molar-refractivity contribution in [1.29, 1.82) is 0 Å². The highest BCUT2D eigenvalue weighted by Gasteiger charge is 1.95. The van der Waals surface area contributed by atoms with Gasteiger partial charge < -0.3 is 4.74 Å². The molecule has 0 aliphatic carbocycles. The Balaban J connectivity index is 0. The minimum absolute atomic E-state index is 0. The van der Waals surface area contributed by atoms with Crippen LogP contribution in [0.4, 0.5) is 0 Å². The molecule has 0 amide bonds. The monoisotopic (exact) mass is 184 g/mol. The Bertz CT molecular complexity index is 75.4. The highest BCUT2D eigenvalue weighted by atomic mass is 16.5. The average Bonchev–Trinajstić information content (AvgIpc) is 2.57. The van der Waals surface area contributed by atoms with Crippen LogP contribution in [0.15, 0.2) is 0 Å². The van der Waals surface area contributed by atoms with E-state index >= 15 is 0 Å². The quantitative estimate of drug-likeness (QED) is 0.610. The second-order valence-corrected chi connectivity index (χ2v) is 3.86. The molecule has 0 bridgehead atoms. The minimum atomic E-state index is 0. The third-order valence-corrected chi connectivity index (χ3v) is 1.96. The molecule has 1 nitrogen and oxygen atoms in total. The van der Waals surface area contributed by atoms with Crippen LogP contribution in [-0.2, 0) is 4.74 Å². The first kappa shape index (κ1) is 15.6. The van der Waals surface area contributed by atoms with Gasteiger partial charge in [-0.2, -0.15) is 0 Å². The van der Waals surface area contributed by atoms with Gasteiger partial charge in [-0.15, -0.1) is 0 Å². The number of unbranched alkanes of at least 4 members (excludes halogenated alkanes) is 1. The molecule has 78 valence electrons. The Morgan fingerprint density at radius 3 is 1.85 bits per heavy atom. The van der Waals surface area contributed by atoms with Gasteiger partial charge in [-0.1, -0.05) is 39.7 Å². The van der Waals surface area contributed by atoms with Crippen molar-refractivity contribution in [1.82, 2.24) is 0 Å². The molecule has 0 aromatic heterocycles. The first-order valence-electron chi connectivity index (χ1n) is 5.35. The van der Waals surface area contributed by atoms with E-state index in [2.05, 4.69) is 20.6 Å². The van der Waals surface area contributed by atoms with Crippen LogP contribution in [0.25, 0.3) is 0 Å². The Morgan fingerprint density at radius 1 is 1.15 bits per heavy atom. The van der Waals surface area contributed by atoms with Gasteiger partial charge >= 0.3 is 0 Å². The fourth-order valence-corrected chi connectivity index (χ4v) is 1.12. The van der Waals surface area contributed by atoms with Gasteiger partial charge in [0, 0.05) is 13.2 Å². The normalized spacial score (nSPS) is 14.1. The summed E-state index contributed by atoms with van der Waals surface area (Å²) in [4.78, 5) is 0. The van der Waals surface area contributed by atoms with Crippen molar-refractivity contribution in [2.24, 2.45) is 0 Å². The lowest BCUT2D eigenvalue weighted by atomic mass is 9.51. The van der Waals surface area contributed by atoms with Crippen molar-refractivity contribution >= 4 is 15.1 Å². The summed E-state index contributed by atoms with van der Waals surface area (Å²) in [5.74, 6) is 0. The molecular weight excluding hydrogens is 158 g/mol. The number of rotatable bonds is 3. The maximum absolute atomic E-state index is 4.94. The zero-order valence-electron chi connectivity index (χ0n) is 8.94. The van der Waals surface area contributed by atoms with E-state index in [9.17, 15) is 0 Å². The van der Waals surface area contributed by atoms with E-state index in [-0.39, 0.29) is 8.41 Å². The molecule has 1 saturated heterocycles. The van der Waals surface area contributed by atoms with Crippen LogP contribution in [0.1, 0.15) is 32.6 Å². The molecule has 1 heterocycles. The summed E-state index contributed by atoms with van der Waals surface area (Å²) in [6, 6.07) is 0. The molecular formula is C10H26B2O. The van der Waals surface area contributed by atoms with Gasteiger partial charge in [-0.25, -0.2) is 0 Å². The van der Waals surface area contributed by atoms with Gasteiger partial charge in [-0.3, -0.25) is 0 Å². The predicted octanol–water partition coefficient (Wildman–Crippen LogP) is 2.15. The molecule has 1 fully saturated rings. The second kappa shape index (κ2) is 12.1. The molecule has 0 aromatic carbocycles. The van der Waals surface area contributed by atoms with Gasteiger partial charge in [0.05, 0.1) is 8.41 Å². The first-order chi connectivity index (χ1) is 5.77. The highest BCUT2D eigenvalue weighted by molar-refractivity contribution is 6.55. The van der Waals surface area contributed by atoms with Crippen molar-refractivity contribution in [3.63, 3.8) is 0 Å². The van der Waals surface area contributed by atoms with Crippen molar-refractivity contribution in [2.75, 3.05) is 13.2 Å². The number of hydrogen-bond acceptors (Lipinski definition) is 1. The second-order valence-electron chi connectivity index (χ2n) is 3.86. The summed E-state index contributed by atoms with van der Waals surface area (Å²) >= 11 is 0. The van der Waals surface area contributed by atoms with Crippen LogP contribution >= 0.6 is 0 Å². The SMILES string of the molecule is B.C1CCOC1.CCCCB(C)C. The molecule has 1 aliphatic rings. The summed E-state index contributed by atoms with van der Waals surface area (Å²) in [7, 11) is 0. The van der Waals surface area contributed by atoms with Gasteiger partial charge in [0.2, 0.25) is 0 Å². The topological polar surface area (TPSA) is 9.23 Å². The van der Waals surface area contributed by atoms with E-state index < -0.39 is 0 Å². The highest BCUT2D eigenvalue weighted by Crippen LogP contribution is 1.99. The van der Waals surface area contributed by atoms with E-state index in [4.69, 9.17) is 4.74 Å². The van der Waals surface area contributed by atoms with E-state index in [1.54, 1.807) is 0 Å². The summed E-state index contributed by atoms with van der Waals surface area (Å²) < 4.78 is 4.94. The average molecular weight is 184 g/mol. The number of ether oxygens (including phenoxy) is 1. The molecule has 13 heavy (non-hydrogen) atoms. The lowest BCUT2D eigenvalue weighted by molar-refractivity contribution is 0.198. The fourth-order valence-electron chi connectivity index (χ4n) is 1.12. The minimum Gasteiger partial charge on any atom is -0.381 e. The lowest BCUT2D eigenvalue weighted by Crippen LogP contribution is -1.96. The van der Waals surface area contributed by atoms with Crippen molar-refractivity contribution < 1.29 is 4.74 Å². The molecule has 0 radical (unpaired) electrons. The Hall–Kier alpha value is 0.0899. The Kier molecular flexibility index (Phi) is 14.5. The molecule has 3 heteroatoms.